The van der Waals surface area contributed by atoms with E-state index >= 15 is 0 Å². The van der Waals surface area contributed by atoms with Crippen molar-refractivity contribution >= 4 is 11.9 Å². The second kappa shape index (κ2) is 7.42. The molecule has 0 spiro atoms. The van der Waals surface area contributed by atoms with Gasteiger partial charge >= 0.3 is 0 Å². The van der Waals surface area contributed by atoms with Gasteiger partial charge < -0.3 is 4.74 Å². The van der Waals surface area contributed by atoms with E-state index in [9.17, 15) is 4.79 Å². The van der Waals surface area contributed by atoms with Crippen molar-refractivity contribution in [3.05, 3.63) is 71.3 Å². The Morgan fingerprint density at radius 2 is 1.73 bits per heavy atom. The lowest BCUT2D eigenvalue weighted by Gasteiger charge is -2.01. The van der Waals surface area contributed by atoms with Crippen molar-refractivity contribution in [1.29, 1.82) is 10.5 Å². The van der Waals surface area contributed by atoms with Gasteiger partial charge in [-0.2, -0.15) is 10.5 Å². The number of nitrogens with zero attached hydrogens (tertiary/aromatic N) is 2. The van der Waals surface area contributed by atoms with Crippen molar-refractivity contribution in [2.24, 2.45) is 0 Å². The van der Waals surface area contributed by atoms with Crippen LogP contribution < -0.4 is 4.74 Å². The lowest BCUT2D eigenvalue weighted by atomic mass is 10.1. The Morgan fingerprint density at radius 3 is 2.32 bits per heavy atom. The molecule has 0 aliphatic rings. The molecule has 0 saturated carbocycles. The predicted octanol–water partition coefficient (Wildman–Crippen LogP) is 3.36. The molecule has 0 aromatic heterocycles. The largest absolute Gasteiger partial charge is 0.479 e. The molecule has 0 atom stereocenters. The number of nitriles is 2. The summed E-state index contributed by atoms with van der Waals surface area (Å²) in [5.74, 6) is 0.422. The Balaban J connectivity index is 2.03. The number of rotatable bonds is 5. The van der Waals surface area contributed by atoms with Crippen LogP contribution in [0.1, 0.15) is 21.5 Å². The normalized spacial score (nSPS) is 9.91. The van der Waals surface area contributed by atoms with E-state index in [1.807, 2.05) is 12.1 Å². The summed E-state index contributed by atoms with van der Waals surface area (Å²) in [6.07, 6.45) is 3.18. The van der Waals surface area contributed by atoms with Crippen LogP contribution in [0.15, 0.2) is 54.6 Å². The molecule has 106 valence electrons. The van der Waals surface area contributed by atoms with E-state index in [0.29, 0.717) is 16.9 Å². The summed E-state index contributed by atoms with van der Waals surface area (Å²) in [6.45, 7) is -0.0219. The zero-order valence-electron chi connectivity index (χ0n) is 11.7. The molecule has 0 fully saturated rings. The third-order valence-electron chi connectivity index (χ3n) is 2.91. The molecule has 0 amide bonds. The molecule has 2 rings (SSSR count). The minimum Gasteiger partial charge on any atom is -0.479 e. The Bertz CT molecular complexity index is 761. The van der Waals surface area contributed by atoms with Gasteiger partial charge in [-0.05, 0) is 48.0 Å². The average Bonchev–Trinajstić information content (AvgIpc) is 2.58. The average molecular weight is 288 g/mol. The number of benzene rings is 2. The van der Waals surface area contributed by atoms with Gasteiger partial charge in [-0.3, -0.25) is 4.79 Å². The Kier molecular flexibility index (Phi) is 5.07. The molecule has 4 heteroatoms. The van der Waals surface area contributed by atoms with Gasteiger partial charge in [0.15, 0.2) is 12.4 Å². The van der Waals surface area contributed by atoms with Crippen molar-refractivity contribution in [2.75, 3.05) is 6.61 Å². The van der Waals surface area contributed by atoms with Gasteiger partial charge in [0.05, 0.1) is 11.6 Å². The van der Waals surface area contributed by atoms with Crippen LogP contribution in [0.5, 0.6) is 5.75 Å². The summed E-state index contributed by atoms with van der Waals surface area (Å²) >= 11 is 0. The van der Waals surface area contributed by atoms with Crippen molar-refractivity contribution in [1.82, 2.24) is 0 Å². The third-order valence-corrected chi connectivity index (χ3v) is 2.91. The van der Waals surface area contributed by atoms with Crippen LogP contribution in [-0.2, 0) is 0 Å². The van der Waals surface area contributed by atoms with Gasteiger partial charge in [-0.1, -0.05) is 18.2 Å². The first-order chi connectivity index (χ1) is 10.7. The summed E-state index contributed by atoms with van der Waals surface area (Å²) in [5.41, 5.74) is 1.96. The quantitative estimate of drug-likeness (QED) is 0.624. The molecule has 0 N–H and O–H groups in total. The van der Waals surface area contributed by atoms with Crippen molar-refractivity contribution in [3.63, 3.8) is 0 Å². The maximum atomic E-state index is 12.0. The summed E-state index contributed by atoms with van der Waals surface area (Å²) in [4.78, 5) is 12.0. The highest BCUT2D eigenvalue weighted by atomic mass is 16.5. The Morgan fingerprint density at radius 1 is 1.05 bits per heavy atom. The fourth-order valence-corrected chi connectivity index (χ4v) is 1.77. The molecule has 0 aliphatic heterocycles. The van der Waals surface area contributed by atoms with Gasteiger partial charge in [0.1, 0.15) is 11.8 Å². The number of ether oxygens (including phenoxy) is 1. The van der Waals surface area contributed by atoms with Gasteiger partial charge in [0, 0.05) is 5.56 Å². The fourth-order valence-electron chi connectivity index (χ4n) is 1.77. The highest BCUT2D eigenvalue weighted by molar-refractivity contribution is 6.06. The highest BCUT2D eigenvalue weighted by Crippen LogP contribution is 2.13. The fraction of sp³-hybridized carbons (Fsp3) is 0.0556. The molecule has 0 radical (unpaired) electrons. The monoisotopic (exact) mass is 288 g/mol. The molecule has 0 unspecified atom stereocenters. The summed E-state index contributed by atoms with van der Waals surface area (Å²) in [5, 5.41) is 17.1. The summed E-state index contributed by atoms with van der Waals surface area (Å²) < 4.78 is 5.12. The lowest BCUT2D eigenvalue weighted by molar-refractivity contribution is 0.104. The van der Waals surface area contributed by atoms with Gasteiger partial charge in [0.25, 0.3) is 0 Å². The molecule has 2 aromatic carbocycles. The van der Waals surface area contributed by atoms with Crippen LogP contribution in [0, 0.1) is 22.7 Å². The van der Waals surface area contributed by atoms with Crippen LogP contribution >= 0.6 is 0 Å². The molecule has 0 heterocycles. The zero-order chi connectivity index (χ0) is 15.8. The minimum absolute atomic E-state index is 0.0219. The van der Waals surface area contributed by atoms with E-state index in [1.165, 1.54) is 6.08 Å². The number of hydrogen-bond donors (Lipinski definition) is 0. The van der Waals surface area contributed by atoms with Gasteiger partial charge in [0.2, 0.25) is 0 Å². The maximum Gasteiger partial charge on any atom is 0.185 e. The molecule has 0 saturated heterocycles. The van der Waals surface area contributed by atoms with Gasteiger partial charge in [-0.25, -0.2) is 0 Å². The van der Waals surface area contributed by atoms with Crippen LogP contribution in [-0.4, -0.2) is 12.4 Å². The first-order valence-electron chi connectivity index (χ1n) is 6.55. The van der Waals surface area contributed by atoms with E-state index in [2.05, 4.69) is 0 Å². The zero-order valence-corrected chi connectivity index (χ0v) is 11.7. The SMILES string of the molecule is N#CCOc1ccc(C(=O)C=Cc2ccc(C#N)cc2)cc1. The first kappa shape index (κ1) is 15.0. The standard InChI is InChI=1S/C18H12N2O2/c19-11-12-22-17-8-6-16(7-9-17)18(21)10-5-14-1-3-15(13-20)4-2-14/h1-10H,12H2. The molecule has 0 bridgehead atoms. The lowest BCUT2D eigenvalue weighted by Crippen LogP contribution is -1.96. The molecular formula is C18H12N2O2. The van der Waals surface area contributed by atoms with Crippen molar-refractivity contribution in [3.8, 4) is 17.9 Å². The molecule has 0 aliphatic carbocycles. The van der Waals surface area contributed by atoms with E-state index in [-0.39, 0.29) is 12.4 Å². The third kappa shape index (κ3) is 4.06. The Labute approximate surface area is 128 Å². The molecule has 2 aromatic rings. The van der Waals surface area contributed by atoms with E-state index in [0.717, 1.165) is 5.56 Å². The second-order valence-electron chi connectivity index (χ2n) is 4.40. The Hall–Kier alpha value is -3.37. The van der Waals surface area contributed by atoms with Crippen LogP contribution in [0.2, 0.25) is 0 Å². The summed E-state index contributed by atoms with van der Waals surface area (Å²) in [6, 6.07) is 17.5. The topological polar surface area (TPSA) is 73.9 Å². The van der Waals surface area contributed by atoms with E-state index in [1.54, 1.807) is 54.6 Å². The molecular weight excluding hydrogens is 276 g/mol. The summed E-state index contributed by atoms with van der Waals surface area (Å²) in [7, 11) is 0. The van der Waals surface area contributed by atoms with E-state index < -0.39 is 0 Å². The number of ketones is 1. The second-order valence-corrected chi connectivity index (χ2v) is 4.40. The smallest absolute Gasteiger partial charge is 0.185 e. The van der Waals surface area contributed by atoms with E-state index in [4.69, 9.17) is 15.3 Å². The molecule has 4 nitrogen and oxygen atoms in total. The van der Waals surface area contributed by atoms with Crippen LogP contribution in [0.25, 0.3) is 6.08 Å². The van der Waals surface area contributed by atoms with Crippen LogP contribution in [0.4, 0.5) is 0 Å². The minimum atomic E-state index is -0.129. The number of carbonyl (C=O) groups excluding carboxylic acids is 1. The van der Waals surface area contributed by atoms with Gasteiger partial charge in [-0.15, -0.1) is 0 Å². The maximum absolute atomic E-state index is 12.0. The molecule has 22 heavy (non-hydrogen) atoms. The number of hydrogen-bond acceptors (Lipinski definition) is 4. The number of allylic oxidation sites excluding steroid dienone is 1. The van der Waals surface area contributed by atoms with Crippen molar-refractivity contribution in [2.45, 2.75) is 0 Å². The number of carbonyl (C=O) groups is 1. The first-order valence-corrected chi connectivity index (χ1v) is 6.55. The predicted molar refractivity (Wildman–Crippen MR) is 82.1 cm³/mol. The van der Waals surface area contributed by atoms with Crippen LogP contribution in [0.3, 0.4) is 0 Å². The highest BCUT2D eigenvalue weighted by Gasteiger charge is 2.02. The van der Waals surface area contributed by atoms with Crippen molar-refractivity contribution < 1.29 is 9.53 Å².